The monoisotopic (exact) mass is 361 g/mol. The number of amides is 1. The Hall–Kier alpha value is -1.99. The summed E-state index contributed by atoms with van der Waals surface area (Å²) in [5.41, 5.74) is 0.958. The normalized spacial score (nSPS) is 17.1. The van der Waals surface area contributed by atoms with Crippen LogP contribution in [0.2, 0.25) is 0 Å². The van der Waals surface area contributed by atoms with Crippen LogP contribution in [-0.4, -0.2) is 34.7 Å². The van der Waals surface area contributed by atoms with E-state index in [0.717, 1.165) is 32.3 Å². The summed E-state index contributed by atoms with van der Waals surface area (Å²) >= 11 is 5.35. The number of nitrogens with zero attached hydrogens (tertiary/aromatic N) is 1. The van der Waals surface area contributed by atoms with Crippen molar-refractivity contribution in [3.8, 4) is 0 Å². The highest BCUT2D eigenvalue weighted by molar-refractivity contribution is 7.71. The fraction of sp³-hybridized carbons (Fsp3) is 0.500. The molecule has 1 unspecified atom stereocenters. The van der Waals surface area contributed by atoms with E-state index in [-0.39, 0.29) is 17.6 Å². The van der Waals surface area contributed by atoms with Gasteiger partial charge in [0.15, 0.2) is 4.77 Å². The van der Waals surface area contributed by atoms with E-state index in [0.29, 0.717) is 34.3 Å². The summed E-state index contributed by atoms with van der Waals surface area (Å²) < 4.78 is 7.51. The predicted octanol–water partition coefficient (Wildman–Crippen LogP) is 2.77. The molecule has 1 amide bonds. The second-order valence-electron chi connectivity index (χ2n) is 6.35. The van der Waals surface area contributed by atoms with Gasteiger partial charge in [0.2, 0.25) is 0 Å². The van der Waals surface area contributed by atoms with Crippen LogP contribution < -0.4 is 10.9 Å². The van der Waals surface area contributed by atoms with E-state index in [1.54, 1.807) is 22.8 Å². The molecule has 6 nitrogen and oxygen atoms in total. The average Bonchev–Trinajstić information content (AvgIpc) is 3.11. The second kappa shape index (κ2) is 7.93. The number of H-pyrrole nitrogens is 1. The van der Waals surface area contributed by atoms with Gasteiger partial charge >= 0.3 is 0 Å². The number of unbranched alkanes of at least 4 members (excludes halogenated alkanes) is 1. The van der Waals surface area contributed by atoms with Gasteiger partial charge in [-0.25, -0.2) is 0 Å². The van der Waals surface area contributed by atoms with Crippen LogP contribution in [0.1, 0.15) is 43.0 Å². The molecule has 1 aromatic heterocycles. The number of aromatic nitrogens is 2. The van der Waals surface area contributed by atoms with E-state index in [9.17, 15) is 9.59 Å². The Bertz CT molecular complexity index is 881. The van der Waals surface area contributed by atoms with Crippen molar-refractivity contribution in [2.45, 2.75) is 45.3 Å². The quantitative estimate of drug-likeness (QED) is 0.613. The van der Waals surface area contributed by atoms with E-state index < -0.39 is 0 Å². The minimum absolute atomic E-state index is 0.0360. The summed E-state index contributed by atoms with van der Waals surface area (Å²) in [6.45, 7) is 3.92. The molecule has 1 atom stereocenters. The van der Waals surface area contributed by atoms with Crippen LogP contribution in [0.4, 0.5) is 0 Å². The lowest BCUT2D eigenvalue weighted by atomic mass is 10.1. The number of ether oxygens (including phenoxy) is 1. The first-order valence-corrected chi connectivity index (χ1v) is 9.17. The van der Waals surface area contributed by atoms with Crippen LogP contribution in [0.25, 0.3) is 10.9 Å². The number of hydrogen-bond donors (Lipinski definition) is 2. The van der Waals surface area contributed by atoms with Crippen molar-refractivity contribution in [1.29, 1.82) is 0 Å². The van der Waals surface area contributed by atoms with Gasteiger partial charge in [-0.1, -0.05) is 13.3 Å². The topological polar surface area (TPSA) is 76.1 Å². The van der Waals surface area contributed by atoms with Gasteiger partial charge < -0.3 is 15.0 Å². The highest BCUT2D eigenvalue weighted by atomic mass is 32.1. The first kappa shape index (κ1) is 17.8. The van der Waals surface area contributed by atoms with E-state index >= 15 is 0 Å². The molecule has 1 fully saturated rings. The highest BCUT2D eigenvalue weighted by Gasteiger charge is 2.18. The second-order valence-corrected chi connectivity index (χ2v) is 6.74. The average molecular weight is 361 g/mol. The van der Waals surface area contributed by atoms with Gasteiger partial charge in [-0.05, 0) is 49.7 Å². The third-order valence-corrected chi connectivity index (χ3v) is 4.79. The van der Waals surface area contributed by atoms with Crippen molar-refractivity contribution in [3.63, 3.8) is 0 Å². The lowest BCUT2D eigenvalue weighted by molar-refractivity contribution is 0.0952. The molecule has 134 valence electrons. The summed E-state index contributed by atoms with van der Waals surface area (Å²) in [5, 5.41) is 3.40. The molecular weight excluding hydrogens is 338 g/mol. The minimum atomic E-state index is -0.146. The summed E-state index contributed by atoms with van der Waals surface area (Å²) in [7, 11) is 0. The van der Waals surface area contributed by atoms with Crippen molar-refractivity contribution < 1.29 is 9.53 Å². The molecule has 1 saturated heterocycles. The molecule has 7 heteroatoms. The molecular formula is C18H23N3O3S. The molecule has 1 aromatic carbocycles. The van der Waals surface area contributed by atoms with Crippen LogP contribution in [0, 0.1) is 4.77 Å². The summed E-state index contributed by atoms with van der Waals surface area (Å²) in [5.74, 6) is -0.141. The molecule has 2 aromatic rings. The molecule has 2 N–H and O–H groups in total. The van der Waals surface area contributed by atoms with Crippen LogP contribution in [0.5, 0.6) is 0 Å². The van der Waals surface area contributed by atoms with Gasteiger partial charge in [-0.2, -0.15) is 0 Å². The minimum Gasteiger partial charge on any atom is -0.376 e. The van der Waals surface area contributed by atoms with Gasteiger partial charge in [0.1, 0.15) is 0 Å². The standard InChI is InChI=1S/C18H23N3O3S/c1-2-3-8-19-16(22)12-6-7-14-15(10-12)20-18(25)21(17(14)23)11-13-5-4-9-24-13/h6-7,10,13H,2-5,8-9,11H2,1H3,(H,19,22)(H,20,25). The van der Waals surface area contributed by atoms with E-state index in [2.05, 4.69) is 17.2 Å². The van der Waals surface area contributed by atoms with Crippen molar-refractivity contribution in [2.75, 3.05) is 13.2 Å². The Labute approximate surface area is 151 Å². The van der Waals surface area contributed by atoms with Crippen molar-refractivity contribution >= 4 is 29.0 Å². The van der Waals surface area contributed by atoms with Crippen LogP contribution in [-0.2, 0) is 11.3 Å². The molecule has 2 heterocycles. The van der Waals surface area contributed by atoms with Crippen LogP contribution >= 0.6 is 12.2 Å². The lowest BCUT2D eigenvalue weighted by Gasteiger charge is -2.13. The summed E-state index contributed by atoms with van der Waals surface area (Å²) in [6, 6.07) is 5.05. The number of hydrogen-bond acceptors (Lipinski definition) is 4. The van der Waals surface area contributed by atoms with Gasteiger partial charge in [0, 0.05) is 18.7 Å². The molecule has 0 spiro atoms. The number of rotatable bonds is 6. The van der Waals surface area contributed by atoms with E-state index in [1.165, 1.54) is 0 Å². The first-order chi connectivity index (χ1) is 12.1. The summed E-state index contributed by atoms with van der Waals surface area (Å²) in [6.07, 6.45) is 3.95. The molecule has 0 saturated carbocycles. The number of carbonyl (C=O) groups excluding carboxylic acids is 1. The highest BCUT2D eigenvalue weighted by Crippen LogP contribution is 2.15. The van der Waals surface area contributed by atoms with Gasteiger partial charge in [-0.3, -0.25) is 14.2 Å². The Morgan fingerprint density at radius 2 is 2.32 bits per heavy atom. The molecule has 0 radical (unpaired) electrons. The van der Waals surface area contributed by atoms with Gasteiger partial charge in [0.05, 0.1) is 23.6 Å². The fourth-order valence-electron chi connectivity index (χ4n) is 3.03. The number of aromatic amines is 1. The maximum absolute atomic E-state index is 12.7. The zero-order chi connectivity index (χ0) is 17.8. The SMILES string of the molecule is CCCCNC(=O)c1ccc2c(=O)n(CC3CCCO3)c(=S)[nH]c2c1. The smallest absolute Gasteiger partial charge is 0.262 e. The van der Waals surface area contributed by atoms with Gasteiger partial charge in [0.25, 0.3) is 11.5 Å². The molecule has 0 aliphatic carbocycles. The zero-order valence-corrected chi connectivity index (χ0v) is 15.2. The molecule has 1 aliphatic heterocycles. The fourth-order valence-corrected chi connectivity index (χ4v) is 3.30. The van der Waals surface area contributed by atoms with E-state index in [4.69, 9.17) is 17.0 Å². The number of nitrogens with one attached hydrogen (secondary N) is 2. The first-order valence-electron chi connectivity index (χ1n) is 8.77. The maximum atomic E-state index is 12.7. The predicted molar refractivity (Wildman–Crippen MR) is 99.6 cm³/mol. The number of benzene rings is 1. The maximum Gasteiger partial charge on any atom is 0.262 e. The third-order valence-electron chi connectivity index (χ3n) is 4.47. The molecule has 1 aliphatic rings. The third kappa shape index (κ3) is 3.99. The Balaban J connectivity index is 1.89. The number of carbonyl (C=O) groups is 1. The zero-order valence-electron chi connectivity index (χ0n) is 14.3. The van der Waals surface area contributed by atoms with Crippen LogP contribution in [0.15, 0.2) is 23.0 Å². The largest absolute Gasteiger partial charge is 0.376 e. The Kier molecular flexibility index (Phi) is 5.65. The molecule has 3 rings (SSSR count). The number of fused-ring (bicyclic) bond motifs is 1. The van der Waals surface area contributed by atoms with Crippen molar-refractivity contribution in [1.82, 2.24) is 14.9 Å². The van der Waals surface area contributed by atoms with Crippen molar-refractivity contribution in [3.05, 3.63) is 38.9 Å². The van der Waals surface area contributed by atoms with Crippen molar-refractivity contribution in [2.24, 2.45) is 0 Å². The summed E-state index contributed by atoms with van der Waals surface area (Å²) in [4.78, 5) is 28.0. The Morgan fingerprint density at radius 1 is 1.48 bits per heavy atom. The Morgan fingerprint density at radius 3 is 3.04 bits per heavy atom. The van der Waals surface area contributed by atoms with Gasteiger partial charge in [-0.15, -0.1) is 0 Å². The lowest BCUT2D eigenvalue weighted by Crippen LogP contribution is -2.28. The molecule has 0 bridgehead atoms. The molecule has 25 heavy (non-hydrogen) atoms. The van der Waals surface area contributed by atoms with E-state index in [1.807, 2.05) is 0 Å². The van der Waals surface area contributed by atoms with Crippen LogP contribution in [0.3, 0.4) is 0 Å².